The van der Waals surface area contributed by atoms with Crippen molar-refractivity contribution in [3.63, 3.8) is 0 Å². The number of hydrogen-bond acceptors (Lipinski definition) is 2. The Labute approximate surface area is 276 Å². The number of para-hydroxylation sites is 1. The van der Waals surface area contributed by atoms with E-state index in [1.165, 1.54) is 11.1 Å². The first-order chi connectivity index (χ1) is 18.0. The van der Waals surface area contributed by atoms with Gasteiger partial charge >= 0.3 is 0 Å². The summed E-state index contributed by atoms with van der Waals surface area (Å²) < 4.78 is 0. The molecule has 3 nitrogen and oxygen atoms in total. The number of rotatable bonds is 7. The van der Waals surface area contributed by atoms with Crippen molar-refractivity contribution in [2.75, 3.05) is 0 Å². The zero-order chi connectivity index (χ0) is 27.6. The molecular formula is C38H51HfN2O-3. The standard InChI is InChI=1S/C35H41N2O.CH4.2CH3.Hf/c1-22(2)26-16-12-17-27(23(3)4)33(26)36-21-25-13-11-18-32(37-25)29-15-10-9-14-28(29)30-19-24(5)20-31(34(30)38)35(6,7)8;;;;/h9-20,22-23H,21H2,1-8H3,(H,37,38);1H4;2*1H3;/q-1;;2*-1;. The molecule has 0 bridgehead atoms. The zero-order valence-corrected chi connectivity index (χ0v) is 30.2. The number of benzene rings is 3. The molecule has 0 aliphatic heterocycles. The summed E-state index contributed by atoms with van der Waals surface area (Å²) in [4.78, 5) is 5.04. The van der Waals surface area contributed by atoms with Gasteiger partial charge in [0.15, 0.2) is 0 Å². The van der Waals surface area contributed by atoms with Crippen molar-refractivity contribution in [1.82, 2.24) is 4.98 Å². The number of aryl methyl sites for hydroxylation is 1. The monoisotopic (exact) mass is 731 g/mol. The molecule has 0 saturated carbocycles. The summed E-state index contributed by atoms with van der Waals surface area (Å²) >= 11 is 0. The van der Waals surface area contributed by atoms with Gasteiger partial charge in [-0.25, -0.2) is 0 Å². The number of aromatic hydroxyl groups is 1. The predicted octanol–water partition coefficient (Wildman–Crippen LogP) is 11.7. The van der Waals surface area contributed by atoms with E-state index in [2.05, 4.69) is 104 Å². The van der Waals surface area contributed by atoms with E-state index >= 15 is 0 Å². The third-order valence-electron chi connectivity index (χ3n) is 7.10. The van der Waals surface area contributed by atoms with Crippen LogP contribution in [0.5, 0.6) is 5.75 Å². The number of phenols is 1. The Morgan fingerprint density at radius 3 is 1.86 bits per heavy atom. The van der Waals surface area contributed by atoms with Crippen LogP contribution in [0.25, 0.3) is 27.7 Å². The minimum atomic E-state index is -0.166. The Bertz CT molecular complexity index is 1410. The Morgan fingerprint density at radius 2 is 1.31 bits per heavy atom. The number of phenolic OH excluding ortho intramolecular Hbond substituents is 1. The Kier molecular flexibility index (Phi) is 15.2. The number of pyridine rings is 1. The number of hydrogen-bond donors (Lipinski definition) is 1. The largest absolute Gasteiger partial charge is 0.679 e. The van der Waals surface area contributed by atoms with E-state index in [9.17, 15) is 5.11 Å². The molecule has 3 aromatic carbocycles. The quantitative estimate of drug-likeness (QED) is 0.152. The molecule has 4 heteroatoms. The van der Waals surface area contributed by atoms with E-state index < -0.39 is 0 Å². The first-order valence-corrected chi connectivity index (χ1v) is 13.7. The van der Waals surface area contributed by atoms with E-state index in [0.717, 1.165) is 44.9 Å². The second kappa shape index (κ2) is 16.2. The van der Waals surface area contributed by atoms with Crippen LogP contribution in [-0.4, -0.2) is 10.1 Å². The van der Waals surface area contributed by atoms with Crippen molar-refractivity contribution in [2.24, 2.45) is 0 Å². The molecule has 226 valence electrons. The molecule has 0 spiro atoms. The van der Waals surface area contributed by atoms with E-state index in [-0.39, 0.29) is 53.5 Å². The maximum atomic E-state index is 11.3. The van der Waals surface area contributed by atoms with Crippen molar-refractivity contribution < 1.29 is 30.9 Å². The van der Waals surface area contributed by atoms with Gasteiger partial charge in [-0.15, -0.1) is 5.69 Å². The molecule has 42 heavy (non-hydrogen) atoms. The second-order valence-electron chi connectivity index (χ2n) is 11.9. The molecule has 0 saturated heterocycles. The maximum Gasteiger partial charge on any atom is 0.127 e. The third kappa shape index (κ3) is 8.66. The van der Waals surface area contributed by atoms with Crippen molar-refractivity contribution in [3.05, 3.63) is 121 Å². The van der Waals surface area contributed by atoms with Crippen molar-refractivity contribution in [1.29, 1.82) is 0 Å². The minimum absolute atomic E-state index is 0. The molecule has 0 aliphatic carbocycles. The zero-order valence-electron chi connectivity index (χ0n) is 26.6. The fraction of sp³-hybridized carbons (Fsp3) is 0.342. The van der Waals surface area contributed by atoms with Crippen LogP contribution in [-0.2, 0) is 37.8 Å². The molecule has 0 atom stereocenters. The normalized spacial score (nSPS) is 10.7. The Balaban J connectivity index is 0.00000420. The molecule has 0 fully saturated rings. The molecule has 4 aromatic rings. The van der Waals surface area contributed by atoms with Crippen molar-refractivity contribution >= 4 is 5.69 Å². The summed E-state index contributed by atoms with van der Waals surface area (Å²) in [6.45, 7) is 17.9. The van der Waals surface area contributed by atoms with Crippen LogP contribution in [0, 0.1) is 21.8 Å². The first-order valence-electron chi connectivity index (χ1n) is 13.7. The van der Waals surface area contributed by atoms with Crippen LogP contribution < -0.4 is 0 Å². The van der Waals surface area contributed by atoms with Crippen LogP contribution in [0.15, 0.2) is 72.8 Å². The fourth-order valence-electron chi connectivity index (χ4n) is 5.07. The van der Waals surface area contributed by atoms with E-state index in [4.69, 9.17) is 10.3 Å². The number of aromatic nitrogens is 1. The van der Waals surface area contributed by atoms with Gasteiger partial charge in [0.2, 0.25) is 0 Å². The molecule has 1 aromatic heterocycles. The van der Waals surface area contributed by atoms with Gasteiger partial charge in [-0.05, 0) is 53.5 Å². The van der Waals surface area contributed by atoms with Gasteiger partial charge in [0.05, 0.1) is 5.69 Å². The minimum Gasteiger partial charge on any atom is -0.679 e. The summed E-state index contributed by atoms with van der Waals surface area (Å²) in [7, 11) is 0. The van der Waals surface area contributed by atoms with Crippen molar-refractivity contribution in [2.45, 2.75) is 86.6 Å². The van der Waals surface area contributed by atoms with Crippen LogP contribution in [0.1, 0.15) is 95.7 Å². The van der Waals surface area contributed by atoms with Gasteiger partial charge in [-0.1, -0.05) is 128 Å². The summed E-state index contributed by atoms with van der Waals surface area (Å²) in [6.07, 6.45) is 0. The van der Waals surface area contributed by atoms with E-state index in [1.807, 2.05) is 24.3 Å². The SMILES string of the molecule is C.Cc1cc(-c2ccccc2-c2cccc(C[N-]c3c(C(C)C)cccc3C(C)C)n2)c(O)c(C(C)(C)C)c1.[CH3-].[CH3-].[Hf]. The number of nitrogens with zero attached hydrogens (tertiary/aromatic N) is 2. The molecule has 4 rings (SSSR count). The van der Waals surface area contributed by atoms with Crippen LogP contribution in [0.3, 0.4) is 0 Å². The molecule has 0 amide bonds. The molecule has 0 unspecified atom stereocenters. The molecule has 1 heterocycles. The molecule has 0 radical (unpaired) electrons. The van der Waals surface area contributed by atoms with Gasteiger partial charge in [0, 0.05) is 48.2 Å². The van der Waals surface area contributed by atoms with E-state index in [0.29, 0.717) is 24.1 Å². The fourth-order valence-corrected chi connectivity index (χ4v) is 5.07. The molecular weight excluding hydrogens is 679 g/mol. The smallest absolute Gasteiger partial charge is 0.127 e. The van der Waals surface area contributed by atoms with Gasteiger partial charge in [0.25, 0.3) is 0 Å². The summed E-state index contributed by atoms with van der Waals surface area (Å²) in [5, 5.41) is 16.4. The van der Waals surface area contributed by atoms with Gasteiger partial charge in [0.1, 0.15) is 5.75 Å². The summed E-state index contributed by atoms with van der Waals surface area (Å²) in [6, 6.07) is 25.0. The third-order valence-corrected chi connectivity index (χ3v) is 7.10. The van der Waals surface area contributed by atoms with Gasteiger partial charge in [-0.3, -0.25) is 4.98 Å². The van der Waals surface area contributed by atoms with Crippen LogP contribution >= 0.6 is 0 Å². The average molecular weight is 730 g/mol. The van der Waals surface area contributed by atoms with Crippen molar-refractivity contribution in [3.8, 4) is 28.1 Å². The van der Waals surface area contributed by atoms with Crippen LogP contribution in [0.2, 0.25) is 0 Å². The van der Waals surface area contributed by atoms with Gasteiger partial charge in [-0.2, -0.15) is 0 Å². The Hall–Kier alpha value is -2.72. The predicted molar refractivity (Wildman–Crippen MR) is 181 cm³/mol. The maximum absolute atomic E-state index is 11.3. The molecule has 0 aliphatic rings. The average Bonchev–Trinajstić information content (AvgIpc) is 2.87. The first kappa shape index (κ1) is 39.3. The van der Waals surface area contributed by atoms with Crippen LogP contribution in [0.4, 0.5) is 5.69 Å². The topological polar surface area (TPSA) is 47.2 Å². The van der Waals surface area contributed by atoms with E-state index in [1.54, 1.807) is 0 Å². The molecule has 1 N–H and O–H groups in total. The van der Waals surface area contributed by atoms with Gasteiger partial charge < -0.3 is 25.3 Å². The Morgan fingerprint density at radius 1 is 0.762 bits per heavy atom. The summed E-state index contributed by atoms with van der Waals surface area (Å²) in [5.74, 6) is 1.14. The summed E-state index contributed by atoms with van der Waals surface area (Å²) in [5.41, 5.74) is 10.2. The second-order valence-corrected chi connectivity index (χ2v) is 11.9.